The minimum absolute atomic E-state index is 0.214. The molecule has 134 valence electrons. The summed E-state index contributed by atoms with van der Waals surface area (Å²) in [6, 6.07) is 13.3. The summed E-state index contributed by atoms with van der Waals surface area (Å²) < 4.78 is 11.4. The number of likely N-dealkylation sites (N-methyl/N-ethyl adjacent to an activating group) is 1. The fraction of sp³-hybridized carbons (Fsp3) is 0.350. The van der Waals surface area contributed by atoms with Gasteiger partial charge in [0.25, 0.3) is 5.91 Å². The van der Waals surface area contributed by atoms with Crippen molar-refractivity contribution >= 4 is 17.5 Å². The minimum atomic E-state index is -0.707. The fourth-order valence-electron chi connectivity index (χ4n) is 2.71. The normalized spacial score (nSPS) is 12.1. The number of halogens is 1. The number of rotatable bonds is 7. The number of nitrogens with one attached hydrogen (secondary N) is 1. The zero-order valence-corrected chi connectivity index (χ0v) is 15.8. The van der Waals surface area contributed by atoms with Gasteiger partial charge >= 0.3 is 0 Å². The monoisotopic (exact) mass is 361 g/mol. The molecule has 2 aromatic carbocycles. The lowest BCUT2D eigenvalue weighted by Gasteiger charge is -2.19. The molecule has 1 amide bonds. The lowest BCUT2D eigenvalue weighted by molar-refractivity contribution is -0.130. The second kappa shape index (κ2) is 8.88. The van der Waals surface area contributed by atoms with Gasteiger partial charge in [-0.15, -0.1) is 0 Å². The van der Waals surface area contributed by atoms with Crippen molar-refractivity contribution in [3.63, 3.8) is 0 Å². The van der Waals surface area contributed by atoms with Crippen LogP contribution < -0.4 is 10.1 Å². The molecule has 1 unspecified atom stereocenters. The van der Waals surface area contributed by atoms with Crippen molar-refractivity contribution in [1.29, 1.82) is 0 Å². The van der Waals surface area contributed by atoms with Gasteiger partial charge < -0.3 is 14.8 Å². The van der Waals surface area contributed by atoms with E-state index < -0.39 is 6.10 Å². The third kappa shape index (κ3) is 4.74. The van der Waals surface area contributed by atoms with Crippen molar-refractivity contribution in [2.24, 2.45) is 0 Å². The van der Waals surface area contributed by atoms with Gasteiger partial charge in [-0.2, -0.15) is 0 Å². The number of hydrogen-bond donors (Lipinski definition) is 1. The van der Waals surface area contributed by atoms with Crippen molar-refractivity contribution < 1.29 is 14.3 Å². The van der Waals surface area contributed by atoms with Gasteiger partial charge in [0.05, 0.1) is 0 Å². The number of amides is 1. The molecule has 0 heterocycles. The highest BCUT2D eigenvalue weighted by Gasteiger charge is 2.22. The SMILES string of the molecule is CNC(=O)C(OC)c1ccc(Cl)cc1COc1ccccc1C(C)C. The van der Waals surface area contributed by atoms with E-state index in [1.54, 1.807) is 19.2 Å². The maximum Gasteiger partial charge on any atom is 0.253 e. The van der Waals surface area contributed by atoms with Gasteiger partial charge in [-0.1, -0.05) is 49.7 Å². The molecule has 0 bridgehead atoms. The summed E-state index contributed by atoms with van der Waals surface area (Å²) in [6.07, 6.45) is -0.707. The van der Waals surface area contributed by atoms with Gasteiger partial charge in [0.15, 0.2) is 6.10 Å². The maximum absolute atomic E-state index is 12.1. The molecule has 1 atom stereocenters. The van der Waals surface area contributed by atoms with Crippen LogP contribution in [0.3, 0.4) is 0 Å². The first-order chi connectivity index (χ1) is 12.0. The summed E-state index contributed by atoms with van der Waals surface area (Å²) in [5, 5.41) is 3.21. The lowest BCUT2D eigenvalue weighted by atomic mass is 10.0. The van der Waals surface area contributed by atoms with Crippen LogP contribution in [0.15, 0.2) is 42.5 Å². The summed E-state index contributed by atoms with van der Waals surface area (Å²) in [5.41, 5.74) is 2.70. The number of para-hydroxylation sites is 1. The number of carbonyl (C=O) groups excluding carboxylic acids is 1. The molecule has 4 nitrogen and oxygen atoms in total. The van der Waals surface area contributed by atoms with Crippen LogP contribution in [-0.2, 0) is 16.1 Å². The Balaban J connectivity index is 2.31. The van der Waals surface area contributed by atoms with Gasteiger partial charge in [0, 0.05) is 19.2 Å². The topological polar surface area (TPSA) is 47.6 Å². The van der Waals surface area contributed by atoms with E-state index in [0.717, 1.165) is 22.4 Å². The Morgan fingerprint density at radius 1 is 1.16 bits per heavy atom. The van der Waals surface area contributed by atoms with E-state index in [1.807, 2.05) is 24.3 Å². The Morgan fingerprint density at radius 2 is 1.88 bits per heavy atom. The molecule has 0 aromatic heterocycles. The number of methoxy groups -OCH3 is 1. The van der Waals surface area contributed by atoms with Gasteiger partial charge in [-0.05, 0) is 40.8 Å². The van der Waals surface area contributed by atoms with Crippen LogP contribution in [0.1, 0.15) is 42.6 Å². The first-order valence-corrected chi connectivity index (χ1v) is 8.60. The first-order valence-electron chi connectivity index (χ1n) is 8.22. The smallest absolute Gasteiger partial charge is 0.253 e. The zero-order chi connectivity index (χ0) is 18.4. The number of ether oxygens (including phenoxy) is 2. The summed E-state index contributed by atoms with van der Waals surface area (Å²) >= 11 is 6.14. The van der Waals surface area contributed by atoms with Crippen LogP contribution in [0.4, 0.5) is 0 Å². The summed E-state index contributed by atoms with van der Waals surface area (Å²) in [5.74, 6) is 0.971. The van der Waals surface area contributed by atoms with Gasteiger partial charge in [0.2, 0.25) is 0 Å². The van der Waals surface area contributed by atoms with Crippen LogP contribution in [0.5, 0.6) is 5.75 Å². The van der Waals surface area contributed by atoms with E-state index in [1.165, 1.54) is 7.11 Å². The van der Waals surface area contributed by atoms with E-state index in [4.69, 9.17) is 21.1 Å². The van der Waals surface area contributed by atoms with E-state index in [9.17, 15) is 4.79 Å². The van der Waals surface area contributed by atoms with Gasteiger partial charge in [0.1, 0.15) is 12.4 Å². The Hall–Kier alpha value is -2.04. The van der Waals surface area contributed by atoms with E-state index >= 15 is 0 Å². The van der Waals surface area contributed by atoms with Crippen molar-refractivity contribution in [1.82, 2.24) is 5.32 Å². The Bertz CT molecular complexity index is 731. The summed E-state index contributed by atoms with van der Waals surface area (Å²) in [4.78, 5) is 12.1. The predicted octanol–water partition coefficient (Wildman–Crippen LogP) is 4.48. The molecular formula is C20H24ClNO3. The molecule has 0 saturated heterocycles. The second-order valence-corrected chi connectivity index (χ2v) is 6.49. The van der Waals surface area contributed by atoms with Crippen LogP contribution in [0.25, 0.3) is 0 Å². The molecular weight excluding hydrogens is 338 g/mol. The quantitative estimate of drug-likeness (QED) is 0.791. The molecule has 1 N–H and O–H groups in total. The molecule has 2 aromatic rings. The third-order valence-corrected chi connectivity index (χ3v) is 4.27. The molecule has 25 heavy (non-hydrogen) atoms. The zero-order valence-electron chi connectivity index (χ0n) is 15.0. The molecule has 0 spiro atoms. The number of benzene rings is 2. The molecule has 2 rings (SSSR count). The highest BCUT2D eigenvalue weighted by atomic mass is 35.5. The van der Waals surface area contributed by atoms with Crippen LogP contribution >= 0.6 is 11.6 Å². The molecule has 0 aliphatic rings. The average Bonchev–Trinajstić information content (AvgIpc) is 2.61. The third-order valence-electron chi connectivity index (χ3n) is 4.03. The highest BCUT2D eigenvalue weighted by Crippen LogP contribution is 2.29. The maximum atomic E-state index is 12.1. The van der Waals surface area contributed by atoms with Gasteiger partial charge in [-0.25, -0.2) is 0 Å². The Labute approximate surface area is 154 Å². The lowest BCUT2D eigenvalue weighted by Crippen LogP contribution is -2.27. The van der Waals surface area contributed by atoms with Crippen molar-refractivity contribution in [3.05, 3.63) is 64.2 Å². The number of hydrogen-bond acceptors (Lipinski definition) is 3. The van der Waals surface area contributed by atoms with E-state index in [-0.39, 0.29) is 5.91 Å². The fourth-order valence-corrected chi connectivity index (χ4v) is 2.90. The van der Waals surface area contributed by atoms with Crippen LogP contribution in [0, 0.1) is 0 Å². The molecule has 0 saturated carbocycles. The molecule has 0 aliphatic carbocycles. The highest BCUT2D eigenvalue weighted by molar-refractivity contribution is 6.30. The molecule has 0 aliphatic heterocycles. The Kier molecular flexibility index (Phi) is 6.85. The molecule has 0 fully saturated rings. The van der Waals surface area contributed by atoms with Crippen LogP contribution in [-0.4, -0.2) is 20.1 Å². The molecule has 5 heteroatoms. The average molecular weight is 362 g/mol. The van der Waals surface area contributed by atoms with Crippen molar-refractivity contribution in [2.75, 3.05) is 14.2 Å². The predicted molar refractivity (Wildman–Crippen MR) is 100 cm³/mol. The Morgan fingerprint density at radius 3 is 2.52 bits per heavy atom. The summed E-state index contributed by atoms with van der Waals surface area (Å²) in [6.45, 7) is 4.55. The second-order valence-electron chi connectivity index (χ2n) is 6.05. The minimum Gasteiger partial charge on any atom is -0.489 e. The standard InChI is InChI=1S/C20H24ClNO3/c1-13(2)16-7-5-6-8-18(16)25-12-14-11-15(21)9-10-17(14)19(24-4)20(23)22-3/h5-11,13,19H,12H2,1-4H3,(H,22,23). The van der Waals surface area contributed by atoms with Gasteiger partial charge in [-0.3, -0.25) is 4.79 Å². The first kappa shape index (κ1) is 19.3. The number of carbonyl (C=O) groups is 1. The molecule has 0 radical (unpaired) electrons. The van der Waals surface area contributed by atoms with E-state index in [2.05, 4.69) is 25.2 Å². The van der Waals surface area contributed by atoms with E-state index in [0.29, 0.717) is 17.5 Å². The van der Waals surface area contributed by atoms with Crippen molar-refractivity contribution in [2.45, 2.75) is 32.5 Å². The van der Waals surface area contributed by atoms with Crippen molar-refractivity contribution in [3.8, 4) is 5.75 Å². The summed E-state index contributed by atoms with van der Waals surface area (Å²) in [7, 11) is 3.09. The largest absolute Gasteiger partial charge is 0.489 e. The van der Waals surface area contributed by atoms with Crippen LogP contribution in [0.2, 0.25) is 5.02 Å².